The maximum Gasteiger partial charge on any atom is 0.270 e. The molecule has 0 saturated carbocycles. The largest absolute Gasteiger partial charge is 0.485 e. The molecule has 33 heavy (non-hydrogen) atoms. The van der Waals surface area contributed by atoms with Crippen LogP contribution in [0.5, 0.6) is 11.5 Å². The molecule has 1 atom stereocenters. The molecule has 3 aromatic heterocycles. The van der Waals surface area contributed by atoms with Gasteiger partial charge in [-0.2, -0.15) is 9.78 Å². The molecule has 6 rings (SSSR count). The van der Waals surface area contributed by atoms with Gasteiger partial charge in [0, 0.05) is 11.6 Å². The van der Waals surface area contributed by atoms with Crippen LogP contribution in [0.3, 0.4) is 0 Å². The van der Waals surface area contributed by atoms with Crippen LogP contribution in [0.4, 0.5) is 5.82 Å². The Hall–Kier alpha value is -3.92. The summed E-state index contributed by atoms with van der Waals surface area (Å²) in [6.45, 7) is 0.0860. The molecule has 1 aliphatic heterocycles. The van der Waals surface area contributed by atoms with E-state index in [0.29, 0.717) is 23.0 Å². The average molecular weight is 462 g/mol. The van der Waals surface area contributed by atoms with E-state index in [-0.39, 0.29) is 24.0 Å². The Kier molecular flexibility index (Phi) is 4.72. The molecule has 1 unspecified atom stereocenters. The number of aromatic amines is 1. The third-order valence-electron chi connectivity index (χ3n) is 5.66. The van der Waals surface area contributed by atoms with Crippen molar-refractivity contribution >= 4 is 23.1 Å². The van der Waals surface area contributed by atoms with Crippen LogP contribution in [0.1, 0.15) is 17.7 Å². The number of ether oxygens (including phenoxy) is 2. The number of rotatable bonds is 4. The Labute approximate surface area is 192 Å². The highest BCUT2D eigenvalue weighted by Crippen LogP contribution is 2.32. The van der Waals surface area contributed by atoms with Gasteiger partial charge in [-0.15, -0.1) is 11.3 Å². The lowest BCUT2D eigenvalue weighted by Crippen LogP contribution is -2.40. The molecule has 2 N–H and O–H groups in total. The van der Waals surface area contributed by atoms with Crippen LogP contribution in [0.25, 0.3) is 16.5 Å². The van der Waals surface area contributed by atoms with Gasteiger partial charge in [0.05, 0.1) is 10.6 Å². The van der Waals surface area contributed by atoms with E-state index in [0.717, 1.165) is 35.4 Å². The van der Waals surface area contributed by atoms with E-state index in [2.05, 4.69) is 20.4 Å². The Balaban J connectivity index is 1.35. The quantitative estimate of drug-likeness (QED) is 0.483. The molecule has 4 heterocycles. The van der Waals surface area contributed by atoms with E-state index in [9.17, 15) is 9.59 Å². The van der Waals surface area contributed by atoms with E-state index in [1.165, 1.54) is 16.0 Å². The van der Waals surface area contributed by atoms with Crippen LogP contribution < -0.4 is 20.3 Å². The Bertz CT molecular complexity index is 1410. The van der Waals surface area contributed by atoms with Crippen molar-refractivity contribution in [3.05, 3.63) is 69.5 Å². The summed E-state index contributed by atoms with van der Waals surface area (Å²) in [5.74, 6) is 1.39. The lowest BCUT2D eigenvalue weighted by Gasteiger charge is -2.25. The van der Waals surface area contributed by atoms with Gasteiger partial charge in [-0.3, -0.25) is 14.6 Å². The average Bonchev–Trinajstić information content (AvgIpc) is 3.59. The Morgan fingerprint density at radius 3 is 2.91 bits per heavy atom. The van der Waals surface area contributed by atoms with Crippen LogP contribution in [0.15, 0.2) is 52.6 Å². The number of H-pyrrole nitrogens is 1. The lowest BCUT2D eigenvalue weighted by atomic mass is 10.2. The highest BCUT2D eigenvalue weighted by Gasteiger charge is 2.29. The van der Waals surface area contributed by atoms with Gasteiger partial charge < -0.3 is 14.8 Å². The molecule has 1 aliphatic carbocycles. The minimum Gasteiger partial charge on any atom is -0.485 e. The van der Waals surface area contributed by atoms with E-state index in [1.54, 1.807) is 18.2 Å². The first-order chi connectivity index (χ1) is 16.2. The summed E-state index contributed by atoms with van der Waals surface area (Å²) in [5.41, 5.74) is 1.99. The fourth-order valence-electron chi connectivity index (χ4n) is 4.06. The first kappa shape index (κ1) is 19.7. The topological polar surface area (TPSA) is 111 Å². The van der Waals surface area contributed by atoms with Crippen molar-refractivity contribution < 1.29 is 14.3 Å². The van der Waals surface area contributed by atoms with Crippen LogP contribution in [-0.2, 0) is 17.6 Å². The number of nitrogens with zero attached hydrogens (tertiary/aromatic N) is 3. The normalized spacial score (nSPS) is 16.4. The van der Waals surface area contributed by atoms with E-state index < -0.39 is 6.10 Å². The summed E-state index contributed by atoms with van der Waals surface area (Å²) in [5, 5.41) is 9.46. The minimum atomic E-state index is -0.833. The summed E-state index contributed by atoms with van der Waals surface area (Å²) >= 11 is 1.53. The number of carbonyl (C=O) groups excluding carboxylic acids is 1. The predicted octanol–water partition coefficient (Wildman–Crippen LogP) is 2.95. The molecule has 0 saturated heterocycles. The van der Waals surface area contributed by atoms with Crippen LogP contribution in [0.2, 0.25) is 0 Å². The number of fused-ring (bicyclic) bond motifs is 2. The first-order valence-electron chi connectivity index (χ1n) is 10.6. The number of carbonyl (C=O) groups is 1. The van der Waals surface area contributed by atoms with Gasteiger partial charge in [0.15, 0.2) is 11.5 Å². The maximum absolute atomic E-state index is 13.1. The molecule has 1 aromatic carbocycles. The van der Waals surface area contributed by atoms with Gasteiger partial charge >= 0.3 is 0 Å². The fourth-order valence-corrected chi connectivity index (χ4v) is 4.74. The molecule has 0 bridgehead atoms. The van der Waals surface area contributed by atoms with E-state index in [1.807, 2.05) is 29.6 Å². The van der Waals surface area contributed by atoms with Crippen molar-refractivity contribution in [2.45, 2.75) is 25.4 Å². The zero-order valence-electron chi connectivity index (χ0n) is 17.4. The molecule has 10 heteroatoms. The lowest BCUT2D eigenvalue weighted by molar-refractivity contribution is -0.125. The third-order valence-corrected chi connectivity index (χ3v) is 6.56. The summed E-state index contributed by atoms with van der Waals surface area (Å²) in [6, 6.07) is 12.8. The van der Waals surface area contributed by atoms with Crippen LogP contribution in [0, 0.1) is 0 Å². The van der Waals surface area contributed by atoms with Crippen LogP contribution >= 0.6 is 11.3 Å². The minimum absolute atomic E-state index is 0.0860. The van der Waals surface area contributed by atoms with Crippen molar-refractivity contribution in [2.24, 2.45) is 0 Å². The molecular formula is C23H19N5O4S. The number of benzene rings is 1. The van der Waals surface area contributed by atoms with E-state index in [4.69, 9.17) is 9.47 Å². The molecule has 0 radical (unpaired) electrons. The van der Waals surface area contributed by atoms with Crippen molar-refractivity contribution in [1.29, 1.82) is 0 Å². The SMILES string of the molecule is O=C(Nc1cc(-c2cccs2)nn1-c1nc2c(c(=O)[nH]1)CCC2)C1COc2ccccc2O1. The van der Waals surface area contributed by atoms with Gasteiger partial charge in [-0.25, -0.2) is 4.98 Å². The van der Waals surface area contributed by atoms with Crippen molar-refractivity contribution in [2.75, 3.05) is 11.9 Å². The van der Waals surface area contributed by atoms with Gasteiger partial charge in [0.1, 0.15) is 18.1 Å². The molecular weight excluding hydrogens is 442 g/mol. The number of aryl methyl sites for hydroxylation is 1. The van der Waals surface area contributed by atoms with Crippen molar-refractivity contribution in [3.63, 3.8) is 0 Å². The number of nitrogens with one attached hydrogen (secondary N) is 2. The molecule has 166 valence electrons. The zero-order chi connectivity index (χ0) is 22.4. The van der Waals surface area contributed by atoms with Gasteiger partial charge in [0.2, 0.25) is 12.1 Å². The van der Waals surface area contributed by atoms with Crippen molar-refractivity contribution in [3.8, 4) is 28.0 Å². The fraction of sp³-hybridized carbons (Fsp3) is 0.217. The number of hydrogen-bond donors (Lipinski definition) is 2. The number of thiophene rings is 1. The number of para-hydroxylation sites is 2. The van der Waals surface area contributed by atoms with Crippen LogP contribution in [-0.4, -0.2) is 38.4 Å². The molecule has 2 aliphatic rings. The number of amides is 1. The molecule has 4 aromatic rings. The molecule has 0 spiro atoms. The van der Waals surface area contributed by atoms with Crippen molar-refractivity contribution in [1.82, 2.24) is 19.7 Å². The third kappa shape index (κ3) is 3.58. The monoisotopic (exact) mass is 461 g/mol. The van der Waals surface area contributed by atoms with Gasteiger partial charge in [-0.05, 0) is 42.8 Å². The summed E-state index contributed by atoms with van der Waals surface area (Å²) in [7, 11) is 0. The molecule has 0 fully saturated rings. The zero-order valence-corrected chi connectivity index (χ0v) is 18.2. The first-order valence-corrected chi connectivity index (χ1v) is 11.5. The molecule has 1 amide bonds. The smallest absolute Gasteiger partial charge is 0.270 e. The maximum atomic E-state index is 13.1. The standard InChI is InChI=1S/C23H19N5O4S/c29-21-13-5-3-6-14(13)24-23(26-21)28-20(11-15(27-28)19-9-4-10-33-19)25-22(30)18-12-31-16-7-1-2-8-17(16)32-18/h1-2,4,7-11,18H,3,5-6,12H2,(H,25,30)(H,24,26,29). The summed E-state index contributed by atoms with van der Waals surface area (Å²) in [4.78, 5) is 34.0. The number of hydrogen-bond acceptors (Lipinski definition) is 7. The second kappa shape index (κ2) is 7.89. The highest BCUT2D eigenvalue weighted by atomic mass is 32.1. The van der Waals surface area contributed by atoms with E-state index >= 15 is 0 Å². The second-order valence-electron chi connectivity index (χ2n) is 7.83. The molecule has 9 nitrogen and oxygen atoms in total. The van der Waals surface area contributed by atoms with Gasteiger partial charge in [-0.1, -0.05) is 18.2 Å². The second-order valence-corrected chi connectivity index (χ2v) is 8.77. The number of anilines is 1. The Morgan fingerprint density at radius 2 is 2.06 bits per heavy atom. The summed E-state index contributed by atoms with van der Waals surface area (Å²) in [6.07, 6.45) is 1.54. The number of aromatic nitrogens is 4. The predicted molar refractivity (Wildman–Crippen MR) is 122 cm³/mol. The summed E-state index contributed by atoms with van der Waals surface area (Å²) < 4.78 is 13.0. The Morgan fingerprint density at radius 1 is 1.18 bits per heavy atom. The highest BCUT2D eigenvalue weighted by molar-refractivity contribution is 7.13. The van der Waals surface area contributed by atoms with Gasteiger partial charge in [0.25, 0.3) is 11.5 Å².